The van der Waals surface area contributed by atoms with Crippen molar-refractivity contribution in [2.75, 3.05) is 0 Å². The number of nitrogens with two attached hydrogens (primary N) is 1. The molecular formula is C13H11ClN2O3. The molecule has 0 heterocycles. The van der Waals surface area contributed by atoms with E-state index in [0.29, 0.717) is 17.3 Å². The molecule has 98 valence electrons. The molecule has 0 fully saturated rings. The van der Waals surface area contributed by atoms with Crippen molar-refractivity contribution in [2.24, 2.45) is 5.73 Å². The van der Waals surface area contributed by atoms with Crippen molar-refractivity contribution in [1.82, 2.24) is 0 Å². The van der Waals surface area contributed by atoms with E-state index < -0.39 is 4.92 Å². The summed E-state index contributed by atoms with van der Waals surface area (Å²) in [5.74, 6) is 0.788. The monoisotopic (exact) mass is 278 g/mol. The Hall–Kier alpha value is -2.11. The Morgan fingerprint density at radius 3 is 2.47 bits per heavy atom. The van der Waals surface area contributed by atoms with Crippen LogP contribution in [-0.4, -0.2) is 4.92 Å². The van der Waals surface area contributed by atoms with E-state index in [2.05, 4.69) is 0 Å². The summed E-state index contributed by atoms with van der Waals surface area (Å²) in [7, 11) is 0. The van der Waals surface area contributed by atoms with Crippen molar-refractivity contribution in [2.45, 2.75) is 6.54 Å². The average molecular weight is 279 g/mol. The highest BCUT2D eigenvalue weighted by Gasteiger charge is 2.11. The van der Waals surface area contributed by atoms with E-state index in [1.165, 1.54) is 18.2 Å². The van der Waals surface area contributed by atoms with Crippen LogP contribution < -0.4 is 10.5 Å². The number of benzene rings is 2. The zero-order valence-corrected chi connectivity index (χ0v) is 10.6. The molecule has 0 saturated heterocycles. The molecule has 0 bridgehead atoms. The number of nitro groups is 1. The molecule has 2 N–H and O–H groups in total. The van der Waals surface area contributed by atoms with Crippen LogP contribution in [0.15, 0.2) is 42.5 Å². The zero-order chi connectivity index (χ0) is 13.8. The molecule has 0 amide bonds. The first-order valence-electron chi connectivity index (χ1n) is 5.51. The van der Waals surface area contributed by atoms with Crippen molar-refractivity contribution in [3.8, 4) is 11.5 Å². The first kappa shape index (κ1) is 13.3. The van der Waals surface area contributed by atoms with Crippen molar-refractivity contribution in [3.63, 3.8) is 0 Å². The van der Waals surface area contributed by atoms with Crippen LogP contribution in [0.25, 0.3) is 0 Å². The Labute approximate surface area is 114 Å². The predicted molar refractivity (Wildman–Crippen MR) is 72.5 cm³/mol. The lowest BCUT2D eigenvalue weighted by Crippen LogP contribution is -1.95. The predicted octanol–water partition coefficient (Wildman–Crippen LogP) is 3.50. The molecule has 2 aromatic carbocycles. The second-order valence-electron chi connectivity index (χ2n) is 3.82. The lowest BCUT2D eigenvalue weighted by atomic mass is 10.2. The number of halogens is 1. The Morgan fingerprint density at radius 2 is 1.89 bits per heavy atom. The van der Waals surface area contributed by atoms with Gasteiger partial charge in [0.25, 0.3) is 5.69 Å². The molecule has 2 aromatic rings. The summed E-state index contributed by atoms with van der Waals surface area (Å²) in [6.45, 7) is 0.442. The molecule has 0 aliphatic heterocycles. The fourth-order valence-corrected chi connectivity index (χ4v) is 1.66. The van der Waals surface area contributed by atoms with Crippen LogP contribution in [0.4, 0.5) is 5.69 Å². The summed E-state index contributed by atoms with van der Waals surface area (Å²) >= 11 is 5.94. The molecule has 0 aliphatic rings. The molecule has 0 saturated carbocycles. The highest BCUT2D eigenvalue weighted by molar-refractivity contribution is 6.32. The first-order chi connectivity index (χ1) is 9.10. The molecule has 0 atom stereocenters. The fraction of sp³-hybridized carbons (Fsp3) is 0.0769. The van der Waals surface area contributed by atoms with Gasteiger partial charge in [-0.3, -0.25) is 10.1 Å². The van der Waals surface area contributed by atoms with Gasteiger partial charge in [0, 0.05) is 12.6 Å². The molecule has 2 rings (SSSR count). The Morgan fingerprint density at radius 1 is 1.21 bits per heavy atom. The standard InChI is InChI=1S/C13H11ClN2O3/c14-12-6-3-10(16(17)18)7-13(12)19-11-4-1-9(8-15)2-5-11/h1-7H,8,15H2. The van der Waals surface area contributed by atoms with Crippen LogP contribution >= 0.6 is 11.6 Å². The number of non-ortho nitro benzene ring substituents is 1. The van der Waals surface area contributed by atoms with E-state index in [0.717, 1.165) is 5.56 Å². The second kappa shape index (κ2) is 5.69. The molecule has 5 nitrogen and oxygen atoms in total. The summed E-state index contributed by atoms with van der Waals surface area (Å²) < 4.78 is 5.52. The molecule has 0 radical (unpaired) electrons. The van der Waals surface area contributed by atoms with Crippen molar-refractivity contribution < 1.29 is 9.66 Å². The maximum absolute atomic E-state index is 10.7. The first-order valence-corrected chi connectivity index (χ1v) is 5.89. The van der Waals surface area contributed by atoms with Crippen LogP contribution in [-0.2, 0) is 6.54 Å². The van der Waals surface area contributed by atoms with Gasteiger partial charge >= 0.3 is 0 Å². The lowest BCUT2D eigenvalue weighted by Gasteiger charge is -2.07. The van der Waals surface area contributed by atoms with E-state index in [4.69, 9.17) is 22.1 Å². The molecule has 6 heteroatoms. The topological polar surface area (TPSA) is 78.4 Å². The smallest absolute Gasteiger partial charge is 0.273 e. The fourth-order valence-electron chi connectivity index (χ4n) is 1.50. The van der Waals surface area contributed by atoms with Gasteiger partial charge in [-0.1, -0.05) is 23.7 Å². The van der Waals surface area contributed by atoms with Crippen LogP contribution in [0.3, 0.4) is 0 Å². The minimum atomic E-state index is -0.499. The summed E-state index contributed by atoms with van der Waals surface area (Å²) in [4.78, 5) is 10.2. The van der Waals surface area contributed by atoms with Crippen LogP contribution in [0.5, 0.6) is 11.5 Å². The van der Waals surface area contributed by atoms with E-state index >= 15 is 0 Å². The van der Waals surface area contributed by atoms with E-state index in [-0.39, 0.29) is 11.4 Å². The Balaban J connectivity index is 2.26. The molecule has 0 unspecified atom stereocenters. The number of nitrogens with zero attached hydrogens (tertiary/aromatic N) is 1. The highest BCUT2D eigenvalue weighted by Crippen LogP contribution is 2.32. The maximum atomic E-state index is 10.7. The van der Waals surface area contributed by atoms with Crippen molar-refractivity contribution in [1.29, 1.82) is 0 Å². The van der Waals surface area contributed by atoms with Crippen molar-refractivity contribution >= 4 is 17.3 Å². The molecule has 0 aromatic heterocycles. The van der Waals surface area contributed by atoms with Gasteiger partial charge < -0.3 is 10.5 Å². The van der Waals surface area contributed by atoms with Gasteiger partial charge in [0.05, 0.1) is 16.0 Å². The third kappa shape index (κ3) is 3.21. The number of hydrogen-bond acceptors (Lipinski definition) is 4. The minimum Gasteiger partial charge on any atom is -0.456 e. The molecule has 0 aliphatic carbocycles. The van der Waals surface area contributed by atoms with Gasteiger partial charge in [-0.25, -0.2) is 0 Å². The summed E-state index contributed by atoms with van der Waals surface area (Å²) in [6, 6.07) is 11.2. The van der Waals surface area contributed by atoms with Crippen LogP contribution in [0.2, 0.25) is 5.02 Å². The normalized spacial score (nSPS) is 10.2. The van der Waals surface area contributed by atoms with E-state index in [9.17, 15) is 10.1 Å². The van der Waals surface area contributed by atoms with Crippen LogP contribution in [0, 0.1) is 10.1 Å². The molecule has 0 spiro atoms. The number of nitro benzene ring substituents is 1. The third-order valence-electron chi connectivity index (χ3n) is 2.51. The molecule has 19 heavy (non-hydrogen) atoms. The number of ether oxygens (including phenoxy) is 1. The van der Waals surface area contributed by atoms with Gasteiger partial charge in [0.1, 0.15) is 5.75 Å². The van der Waals surface area contributed by atoms with Crippen LogP contribution in [0.1, 0.15) is 5.56 Å². The zero-order valence-electron chi connectivity index (χ0n) is 9.88. The van der Waals surface area contributed by atoms with Gasteiger partial charge in [-0.05, 0) is 23.8 Å². The quantitative estimate of drug-likeness (QED) is 0.686. The maximum Gasteiger partial charge on any atom is 0.273 e. The summed E-state index contributed by atoms with van der Waals surface area (Å²) in [5, 5.41) is 11.0. The SMILES string of the molecule is NCc1ccc(Oc2cc([N+](=O)[O-])ccc2Cl)cc1. The third-order valence-corrected chi connectivity index (χ3v) is 2.82. The Kier molecular flexibility index (Phi) is 3.99. The summed E-state index contributed by atoms with van der Waals surface area (Å²) in [6.07, 6.45) is 0. The molecular weight excluding hydrogens is 268 g/mol. The largest absolute Gasteiger partial charge is 0.456 e. The lowest BCUT2D eigenvalue weighted by molar-refractivity contribution is -0.384. The Bertz CT molecular complexity index is 599. The number of hydrogen-bond donors (Lipinski definition) is 1. The van der Waals surface area contributed by atoms with E-state index in [1.54, 1.807) is 12.1 Å². The summed E-state index contributed by atoms with van der Waals surface area (Å²) in [5.41, 5.74) is 6.39. The number of rotatable bonds is 4. The van der Waals surface area contributed by atoms with Gasteiger partial charge in [0.15, 0.2) is 5.75 Å². The second-order valence-corrected chi connectivity index (χ2v) is 4.23. The van der Waals surface area contributed by atoms with Crippen molar-refractivity contribution in [3.05, 3.63) is 63.2 Å². The van der Waals surface area contributed by atoms with Gasteiger partial charge in [-0.2, -0.15) is 0 Å². The van der Waals surface area contributed by atoms with Gasteiger partial charge in [0.2, 0.25) is 0 Å². The van der Waals surface area contributed by atoms with Gasteiger partial charge in [-0.15, -0.1) is 0 Å². The average Bonchev–Trinajstić information content (AvgIpc) is 2.42. The van der Waals surface area contributed by atoms with E-state index in [1.807, 2.05) is 12.1 Å². The minimum absolute atomic E-state index is 0.0713. The highest BCUT2D eigenvalue weighted by atomic mass is 35.5.